The average Bonchev–Trinajstić information content (AvgIpc) is 3.38. The number of anilines is 1. The molecule has 2 atom stereocenters. The van der Waals surface area contributed by atoms with Gasteiger partial charge in [-0.2, -0.15) is 9.61 Å². The van der Waals surface area contributed by atoms with E-state index in [2.05, 4.69) is 27.1 Å². The molecule has 0 unspecified atom stereocenters. The second-order valence-corrected chi connectivity index (χ2v) is 8.01. The van der Waals surface area contributed by atoms with E-state index in [9.17, 15) is 4.79 Å². The Labute approximate surface area is 162 Å². The summed E-state index contributed by atoms with van der Waals surface area (Å²) >= 11 is 0. The Balaban J connectivity index is 1.27. The smallest absolute Gasteiger partial charge is 0.261 e. The molecule has 3 aliphatic rings. The van der Waals surface area contributed by atoms with Crippen molar-refractivity contribution in [3.63, 3.8) is 0 Å². The van der Waals surface area contributed by atoms with Crippen LogP contribution in [-0.4, -0.2) is 50.3 Å². The third-order valence-electron chi connectivity index (χ3n) is 6.32. The van der Waals surface area contributed by atoms with E-state index in [1.54, 1.807) is 6.33 Å². The summed E-state index contributed by atoms with van der Waals surface area (Å²) in [6.45, 7) is 3.13. The fourth-order valence-corrected chi connectivity index (χ4v) is 4.92. The van der Waals surface area contributed by atoms with Gasteiger partial charge in [-0.1, -0.05) is 36.4 Å². The van der Waals surface area contributed by atoms with Crippen LogP contribution in [0.15, 0.2) is 48.8 Å². The number of rotatable bonds is 2. The van der Waals surface area contributed by atoms with Crippen LogP contribution in [0.2, 0.25) is 0 Å². The summed E-state index contributed by atoms with van der Waals surface area (Å²) in [5.74, 6) is 1.08. The molecule has 0 bridgehead atoms. The van der Waals surface area contributed by atoms with Crippen LogP contribution >= 0.6 is 0 Å². The molecule has 6 rings (SSSR count). The number of ether oxygens (including phenoxy) is 1. The Hall–Kier alpha value is -2.93. The predicted molar refractivity (Wildman–Crippen MR) is 103 cm³/mol. The monoisotopic (exact) mass is 375 g/mol. The molecule has 0 radical (unpaired) electrons. The Bertz CT molecular complexity index is 1070. The summed E-state index contributed by atoms with van der Waals surface area (Å²) in [5.41, 5.74) is 2.39. The van der Waals surface area contributed by atoms with E-state index in [4.69, 9.17) is 4.74 Å². The number of aryl methyl sites for hydroxylation is 1. The zero-order valence-corrected chi connectivity index (χ0v) is 15.7. The summed E-state index contributed by atoms with van der Waals surface area (Å²) in [7, 11) is 0. The summed E-state index contributed by atoms with van der Waals surface area (Å²) < 4.78 is 8.17. The van der Waals surface area contributed by atoms with Crippen LogP contribution in [0.1, 0.15) is 30.0 Å². The molecule has 0 N–H and O–H groups in total. The van der Waals surface area contributed by atoms with Gasteiger partial charge in [0.25, 0.3) is 5.91 Å². The lowest BCUT2D eigenvalue weighted by molar-refractivity contribution is -0.140. The van der Waals surface area contributed by atoms with E-state index in [-0.39, 0.29) is 18.2 Å². The fraction of sp³-hybridized carbons (Fsp3) is 0.381. The van der Waals surface area contributed by atoms with E-state index in [1.807, 2.05) is 46.7 Å². The molecular formula is C21H21N5O2. The van der Waals surface area contributed by atoms with Gasteiger partial charge in [0.05, 0.1) is 19.1 Å². The third-order valence-corrected chi connectivity index (χ3v) is 6.32. The summed E-state index contributed by atoms with van der Waals surface area (Å²) in [5, 5.41) is 4.35. The fourth-order valence-electron chi connectivity index (χ4n) is 4.92. The maximum Gasteiger partial charge on any atom is 0.261 e. The second-order valence-electron chi connectivity index (χ2n) is 8.01. The largest absolute Gasteiger partial charge is 0.349 e. The molecule has 5 heterocycles. The lowest BCUT2D eigenvalue weighted by atomic mass is 9.92. The molecule has 142 valence electrons. The number of hydrogen-bond acceptors (Lipinski definition) is 5. The molecule has 0 saturated carbocycles. The van der Waals surface area contributed by atoms with Crippen molar-refractivity contribution in [1.29, 1.82) is 0 Å². The molecule has 1 aromatic carbocycles. The van der Waals surface area contributed by atoms with Crippen LogP contribution in [0.4, 0.5) is 5.82 Å². The minimum atomic E-state index is -0.726. The maximum atomic E-state index is 13.4. The van der Waals surface area contributed by atoms with Gasteiger partial charge in [-0.05, 0) is 37.0 Å². The molecule has 2 aromatic heterocycles. The van der Waals surface area contributed by atoms with Gasteiger partial charge in [0.2, 0.25) is 0 Å². The van der Waals surface area contributed by atoms with Crippen LogP contribution in [0.5, 0.6) is 0 Å². The number of benzene rings is 1. The van der Waals surface area contributed by atoms with Gasteiger partial charge in [-0.15, -0.1) is 0 Å². The minimum Gasteiger partial charge on any atom is -0.349 e. The van der Waals surface area contributed by atoms with Crippen LogP contribution in [0, 0.1) is 6.92 Å². The number of nitrogens with zero attached hydrogens (tertiary/aromatic N) is 5. The molecule has 1 amide bonds. The number of aromatic nitrogens is 3. The number of carbonyl (C=O) groups excluding carboxylic acids is 1. The van der Waals surface area contributed by atoms with Crippen molar-refractivity contribution in [3.05, 3.63) is 59.9 Å². The van der Waals surface area contributed by atoms with Crippen molar-refractivity contribution >= 4 is 17.4 Å². The lowest BCUT2D eigenvalue weighted by Gasteiger charge is -2.46. The minimum absolute atomic E-state index is 0.107. The number of pyridine rings is 1. The van der Waals surface area contributed by atoms with E-state index in [1.165, 1.54) is 5.56 Å². The van der Waals surface area contributed by atoms with Crippen LogP contribution in [-0.2, 0) is 9.53 Å². The number of fused-ring (bicyclic) bond motifs is 2. The first-order valence-electron chi connectivity index (χ1n) is 9.76. The Morgan fingerprint density at radius 2 is 1.93 bits per heavy atom. The van der Waals surface area contributed by atoms with Gasteiger partial charge in [0.15, 0.2) is 11.2 Å². The molecule has 28 heavy (non-hydrogen) atoms. The zero-order chi connectivity index (χ0) is 18.9. The van der Waals surface area contributed by atoms with Gasteiger partial charge >= 0.3 is 0 Å². The maximum absolute atomic E-state index is 13.4. The normalized spacial score (nSPS) is 25.5. The molecule has 3 aromatic rings. The first-order chi connectivity index (χ1) is 13.7. The predicted octanol–water partition coefficient (Wildman–Crippen LogP) is 2.32. The van der Waals surface area contributed by atoms with E-state index in [0.29, 0.717) is 13.1 Å². The molecule has 0 aliphatic carbocycles. The summed E-state index contributed by atoms with van der Waals surface area (Å²) in [6, 6.07) is 14.5. The highest BCUT2D eigenvalue weighted by Crippen LogP contribution is 2.47. The molecule has 3 aliphatic heterocycles. The Morgan fingerprint density at radius 3 is 2.75 bits per heavy atom. The lowest BCUT2D eigenvalue weighted by Crippen LogP contribution is -2.67. The van der Waals surface area contributed by atoms with E-state index < -0.39 is 5.60 Å². The highest BCUT2D eigenvalue weighted by Gasteiger charge is 2.63. The first kappa shape index (κ1) is 16.1. The number of carbonyl (C=O) groups is 1. The second kappa shape index (κ2) is 5.54. The molecule has 3 saturated heterocycles. The van der Waals surface area contributed by atoms with Gasteiger partial charge in [-0.3, -0.25) is 4.79 Å². The molecule has 7 heteroatoms. The number of hydrogen-bond donors (Lipinski definition) is 0. The van der Waals surface area contributed by atoms with Crippen molar-refractivity contribution in [2.45, 2.75) is 37.6 Å². The summed E-state index contributed by atoms with van der Waals surface area (Å²) in [6.07, 6.45) is 3.31. The number of amides is 1. The van der Waals surface area contributed by atoms with E-state index in [0.717, 1.165) is 29.9 Å². The SMILES string of the molecule is Cc1ccc(N2CC3(C2)O[C@@H]2CC[C@@H](c4ccccc4)N2C3=O)n2ncnc12. The van der Waals surface area contributed by atoms with Crippen molar-refractivity contribution < 1.29 is 9.53 Å². The quantitative estimate of drug-likeness (QED) is 0.688. The van der Waals surface area contributed by atoms with Gasteiger partial charge < -0.3 is 14.5 Å². The van der Waals surface area contributed by atoms with Crippen LogP contribution in [0.3, 0.4) is 0 Å². The third kappa shape index (κ3) is 2.05. The Morgan fingerprint density at radius 1 is 1.11 bits per heavy atom. The molecule has 7 nitrogen and oxygen atoms in total. The average molecular weight is 375 g/mol. The van der Waals surface area contributed by atoms with Gasteiger partial charge in [0, 0.05) is 0 Å². The van der Waals surface area contributed by atoms with E-state index >= 15 is 0 Å². The van der Waals surface area contributed by atoms with Gasteiger partial charge in [-0.25, -0.2) is 4.98 Å². The van der Waals surface area contributed by atoms with Crippen LogP contribution in [0.25, 0.3) is 5.65 Å². The Kier molecular flexibility index (Phi) is 3.18. The highest BCUT2D eigenvalue weighted by molar-refractivity contribution is 5.91. The topological polar surface area (TPSA) is 63.0 Å². The van der Waals surface area contributed by atoms with Crippen molar-refractivity contribution in [3.8, 4) is 0 Å². The van der Waals surface area contributed by atoms with Crippen molar-refractivity contribution in [2.75, 3.05) is 18.0 Å². The van der Waals surface area contributed by atoms with Crippen LogP contribution < -0.4 is 4.90 Å². The van der Waals surface area contributed by atoms with Gasteiger partial charge in [0.1, 0.15) is 18.4 Å². The van der Waals surface area contributed by atoms with Crippen molar-refractivity contribution in [1.82, 2.24) is 19.5 Å². The standard InChI is InChI=1S/C21H21N5O2/c1-14-7-9-17(26-19(14)22-13-23-26)24-11-21(12-24)20(27)25-16(8-10-18(25)28-21)15-5-3-2-4-6-15/h2-7,9,13,16,18H,8,10-12H2,1H3/t16-,18+/m0/s1. The molecular weight excluding hydrogens is 354 g/mol. The highest BCUT2D eigenvalue weighted by atomic mass is 16.6. The molecule has 1 spiro atoms. The first-order valence-corrected chi connectivity index (χ1v) is 9.76. The van der Waals surface area contributed by atoms with Crippen molar-refractivity contribution in [2.24, 2.45) is 0 Å². The summed E-state index contributed by atoms with van der Waals surface area (Å²) in [4.78, 5) is 21.8. The molecule has 3 fully saturated rings. The zero-order valence-electron chi connectivity index (χ0n) is 15.7.